The molecule has 0 fully saturated rings. The summed E-state index contributed by atoms with van der Waals surface area (Å²) >= 11 is 0. The molecule has 0 unspecified atom stereocenters. The molecular weight excluding hydrogens is 98.9 g/mol. The molecule has 0 bridgehead atoms. The third-order valence-electron chi connectivity index (χ3n) is 0.829. The second-order valence-electron chi connectivity index (χ2n) is 1.63. The fraction of sp³-hybridized carbons (Fsp3) is 0. The lowest BCUT2D eigenvalue weighted by atomic mass is 10.0. The minimum absolute atomic E-state index is 0.417. The monoisotopic (exact) mass is 107 g/mol. The molecule has 0 spiro atoms. The number of rotatable bonds is 0. The van der Waals surface area contributed by atoms with Crippen molar-refractivity contribution in [2.75, 3.05) is 5.73 Å². The number of nitrogens with zero attached hydrogens (tertiary/aromatic N) is 1. The Bertz CT molecular complexity index is 176. The lowest BCUT2D eigenvalue weighted by Gasteiger charge is -1.90. The van der Waals surface area contributed by atoms with Crippen LogP contribution in [0, 0.1) is 0 Å². The maximum atomic E-state index is 7.16. The molecular formula is C5H7BN2. The molecule has 0 atom stereocenters. The molecule has 40 valence electrons. The van der Waals surface area contributed by atoms with Crippen molar-refractivity contribution in [3.05, 3.63) is 18.2 Å². The molecule has 0 amide bonds. The topological polar surface area (TPSA) is 38.9 Å². The molecule has 1 heterocycles. The van der Waals surface area contributed by atoms with Crippen molar-refractivity contribution in [1.82, 2.24) is 4.98 Å². The average Bonchev–Trinajstić information content (AvgIpc) is 1.59. The zero-order chi connectivity index (χ0) is 6.85. The van der Waals surface area contributed by atoms with E-state index in [1.165, 1.54) is 6.07 Å². The van der Waals surface area contributed by atoms with Gasteiger partial charge in [-0.05, 0) is 11.7 Å². The molecule has 0 saturated heterocycles. The summed E-state index contributed by atoms with van der Waals surface area (Å²) < 4.78 is 7.16. The van der Waals surface area contributed by atoms with E-state index in [4.69, 9.17) is 7.10 Å². The molecule has 2 N–H and O–H groups in total. The van der Waals surface area contributed by atoms with Gasteiger partial charge in [0, 0.05) is 0 Å². The third kappa shape index (κ3) is 0.995. The van der Waals surface area contributed by atoms with E-state index in [1.54, 1.807) is 6.07 Å². The second-order valence-corrected chi connectivity index (χ2v) is 1.63. The van der Waals surface area contributed by atoms with Gasteiger partial charge in [0.05, 0.1) is 1.37 Å². The minimum atomic E-state index is 0.417. The summed E-state index contributed by atoms with van der Waals surface area (Å²) in [6.07, 6.45) is 0. The average molecular weight is 107 g/mol. The lowest BCUT2D eigenvalue weighted by Crippen LogP contribution is -2.08. The smallest absolute Gasteiger partial charge is 0.164 e. The van der Waals surface area contributed by atoms with Crippen LogP contribution in [0.15, 0.2) is 18.2 Å². The van der Waals surface area contributed by atoms with Crippen molar-refractivity contribution in [3.8, 4) is 0 Å². The molecule has 1 aromatic heterocycles. The number of hydrogen-bond donors (Lipinski definition) is 1. The molecule has 0 radical (unpaired) electrons. The Labute approximate surface area is 50.5 Å². The van der Waals surface area contributed by atoms with Crippen LogP contribution < -0.4 is 11.3 Å². The fourth-order valence-corrected chi connectivity index (χ4v) is 0.516. The van der Waals surface area contributed by atoms with Crippen LogP contribution in [0.1, 0.15) is 1.37 Å². The van der Waals surface area contributed by atoms with Crippen LogP contribution in [0.2, 0.25) is 0 Å². The van der Waals surface area contributed by atoms with Crippen LogP contribution in [-0.4, -0.2) is 12.8 Å². The molecule has 0 saturated carbocycles. The molecule has 8 heavy (non-hydrogen) atoms. The zero-order valence-electron chi connectivity index (χ0n) is 5.68. The highest BCUT2D eigenvalue weighted by molar-refractivity contribution is 6.30. The van der Waals surface area contributed by atoms with Crippen LogP contribution in [0.3, 0.4) is 0 Å². The van der Waals surface area contributed by atoms with Crippen LogP contribution in [0.25, 0.3) is 0 Å². The van der Waals surface area contributed by atoms with E-state index >= 15 is 0 Å². The molecule has 0 aliphatic rings. The normalized spacial score (nSPS) is 10.8. The van der Waals surface area contributed by atoms with Gasteiger partial charge in [0.25, 0.3) is 0 Å². The summed E-state index contributed by atoms with van der Waals surface area (Å²) in [6.45, 7) is 0. The standard InChI is InChI=1S/C5H7BN2/c6-4-2-1-3-5(7)8-4/h1-3H,6H2,(H2,7,8)/i1D. The highest BCUT2D eigenvalue weighted by Crippen LogP contribution is 1.87. The Morgan fingerprint density at radius 3 is 3.00 bits per heavy atom. The van der Waals surface area contributed by atoms with Crippen molar-refractivity contribution >= 4 is 19.3 Å². The fourth-order valence-electron chi connectivity index (χ4n) is 0.516. The van der Waals surface area contributed by atoms with Gasteiger partial charge in [-0.15, -0.1) is 0 Å². The summed E-state index contributed by atoms with van der Waals surface area (Å²) in [5, 5.41) is 0. The number of hydrogen-bond acceptors (Lipinski definition) is 2. The Balaban J connectivity index is 3.17. The van der Waals surface area contributed by atoms with E-state index in [0.29, 0.717) is 11.9 Å². The first kappa shape index (κ1) is 3.95. The van der Waals surface area contributed by atoms with Gasteiger partial charge in [0.1, 0.15) is 5.82 Å². The largest absolute Gasteiger partial charge is 0.384 e. The van der Waals surface area contributed by atoms with Crippen LogP contribution in [0.4, 0.5) is 5.82 Å². The highest BCUT2D eigenvalue weighted by Gasteiger charge is 1.82. The maximum Gasteiger partial charge on any atom is 0.164 e. The van der Waals surface area contributed by atoms with E-state index in [-0.39, 0.29) is 0 Å². The van der Waals surface area contributed by atoms with E-state index in [9.17, 15) is 0 Å². The van der Waals surface area contributed by atoms with Gasteiger partial charge in [-0.25, -0.2) is 4.98 Å². The van der Waals surface area contributed by atoms with E-state index in [1.807, 2.05) is 7.85 Å². The number of nitrogen functional groups attached to an aromatic ring is 1. The summed E-state index contributed by atoms with van der Waals surface area (Å²) in [4.78, 5) is 3.89. The Morgan fingerprint density at radius 2 is 2.50 bits per heavy atom. The lowest BCUT2D eigenvalue weighted by molar-refractivity contribution is 1.39. The summed E-state index contributed by atoms with van der Waals surface area (Å²) in [6, 6.07) is 3.60. The van der Waals surface area contributed by atoms with Crippen molar-refractivity contribution in [1.29, 1.82) is 0 Å². The molecule has 1 rings (SSSR count). The van der Waals surface area contributed by atoms with Gasteiger partial charge in [0.15, 0.2) is 7.85 Å². The van der Waals surface area contributed by atoms with Crippen LogP contribution in [-0.2, 0) is 0 Å². The van der Waals surface area contributed by atoms with E-state index < -0.39 is 0 Å². The first-order chi connectivity index (χ1) is 4.18. The zero-order valence-corrected chi connectivity index (χ0v) is 4.68. The van der Waals surface area contributed by atoms with Crippen molar-refractivity contribution in [2.24, 2.45) is 0 Å². The second kappa shape index (κ2) is 1.86. The van der Waals surface area contributed by atoms with Crippen molar-refractivity contribution < 1.29 is 1.37 Å². The first-order valence-electron chi connectivity index (χ1n) is 2.89. The quantitative estimate of drug-likeness (QED) is 0.428. The molecule has 2 nitrogen and oxygen atoms in total. The van der Waals surface area contributed by atoms with Gasteiger partial charge < -0.3 is 5.73 Å². The predicted molar refractivity (Wildman–Crippen MR) is 36.8 cm³/mol. The molecule has 0 aliphatic heterocycles. The third-order valence-corrected chi connectivity index (χ3v) is 0.829. The molecule has 0 aliphatic carbocycles. The maximum absolute atomic E-state index is 7.16. The highest BCUT2D eigenvalue weighted by atomic mass is 14.8. The first-order valence-corrected chi connectivity index (χ1v) is 2.39. The molecule has 1 aromatic rings. The summed E-state index contributed by atoms with van der Waals surface area (Å²) in [5.41, 5.74) is 6.12. The number of anilines is 1. The van der Waals surface area contributed by atoms with Gasteiger partial charge in [-0.2, -0.15) is 0 Å². The molecule has 0 aromatic carbocycles. The van der Waals surface area contributed by atoms with Gasteiger partial charge >= 0.3 is 0 Å². The van der Waals surface area contributed by atoms with Gasteiger partial charge in [0.2, 0.25) is 0 Å². The van der Waals surface area contributed by atoms with E-state index in [0.717, 1.165) is 5.59 Å². The van der Waals surface area contributed by atoms with E-state index in [2.05, 4.69) is 4.98 Å². The summed E-state index contributed by atoms with van der Waals surface area (Å²) in [5.74, 6) is 0.417. The Morgan fingerprint density at radius 1 is 1.75 bits per heavy atom. The Hall–Kier alpha value is -0.985. The van der Waals surface area contributed by atoms with Crippen LogP contribution in [0.5, 0.6) is 0 Å². The molecule has 3 heteroatoms. The predicted octanol–water partition coefficient (Wildman–Crippen LogP) is -1.08. The minimum Gasteiger partial charge on any atom is -0.384 e. The van der Waals surface area contributed by atoms with Gasteiger partial charge in [-0.3, -0.25) is 0 Å². The number of nitrogens with two attached hydrogens (primary N) is 1. The number of aromatic nitrogens is 1. The Kier molecular flexibility index (Phi) is 0.919. The summed E-state index contributed by atoms with van der Waals surface area (Å²) in [7, 11) is 1.81. The van der Waals surface area contributed by atoms with Crippen molar-refractivity contribution in [3.63, 3.8) is 0 Å². The van der Waals surface area contributed by atoms with Crippen molar-refractivity contribution in [2.45, 2.75) is 0 Å². The SMILES string of the molecule is [2H]c1cc(B)nc(N)c1. The van der Waals surface area contributed by atoms with Gasteiger partial charge in [-0.1, -0.05) is 12.1 Å². The van der Waals surface area contributed by atoms with Crippen LogP contribution >= 0.6 is 0 Å². The number of pyridine rings is 1.